The Bertz CT molecular complexity index is 818. The molecule has 0 radical (unpaired) electrons. The highest BCUT2D eigenvalue weighted by molar-refractivity contribution is 5.94. The van der Waals surface area contributed by atoms with Crippen molar-refractivity contribution < 1.29 is 9.32 Å². The predicted molar refractivity (Wildman–Crippen MR) is 99.6 cm³/mol. The number of pyridine rings is 1. The van der Waals surface area contributed by atoms with Crippen molar-refractivity contribution in [3.05, 3.63) is 77.8 Å². The van der Waals surface area contributed by atoms with Gasteiger partial charge in [-0.05, 0) is 44.0 Å². The predicted octanol–water partition coefficient (Wildman–Crippen LogP) is 3.28. The molecule has 1 unspecified atom stereocenters. The molecule has 2 aromatic heterocycles. The van der Waals surface area contributed by atoms with Crippen LogP contribution in [0.2, 0.25) is 0 Å². The van der Waals surface area contributed by atoms with E-state index in [2.05, 4.69) is 20.8 Å². The van der Waals surface area contributed by atoms with Crippen LogP contribution in [0.5, 0.6) is 0 Å². The summed E-state index contributed by atoms with van der Waals surface area (Å²) in [7, 11) is 0. The van der Waals surface area contributed by atoms with Crippen molar-refractivity contribution in [3.63, 3.8) is 0 Å². The number of aromatic nitrogens is 2. The molecule has 6 nitrogen and oxygen atoms in total. The molecule has 0 saturated heterocycles. The molecule has 0 aliphatic rings. The molecule has 26 heavy (non-hydrogen) atoms. The molecule has 2 heterocycles. The molecule has 6 heteroatoms. The van der Waals surface area contributed by atoms with Gasteiger partial charge in [0.25, 0.3) is 0 Å². The van der Waals surface area contributed by atoms with Crippen LogP contribution in [0.4, 0.5) is 5.82 Å². The molecule has 0 bridgehead atoms. The minimum atomic E-state index is -0.461. The third kappa shape index (κ3) is 5.00. The van der Waals surface area contributed by atoms with E-state index in [0.29, 0.717) is 18.1 Å². The van der Waals surface area contributed by atoms with Crippen LogP contribution >= 0.6 is 0 Å². The minimum absolute atomic E-state index is 0.165. The van der Waals surface area contributed by atoms with Crippen molar-refractivity contribution in [3.8, 4) is 0 Å². The lowest BCUT2D eigenvalue weighted by Gasteiger charge is -2.18. The lowest BCUT2D eigenvalue weighted by atomic mass is 10.1. The van der Waals surface area contributed by atoms with Gasteiger partial charge in [-0.15, -0.1) is 0 Å². The number of rotatable bonds is 8. The molecule has 3 aromatic rings. The van der Waals surface area contributed by atoms with Gasteiger partial charge >= 0.3 is 0 Å². The smallest absolute Gasteiger partial charge is 0.247 e. The largest absolute Gasteiger partial charge is 0.360 e. The summed E-state index contributed by atoms with van der Waals surface area (Å²) < 4.78 is 5.01. The summed E-state index contributed by atoms with van der Waals surface area (Å²) in [6.07, 6.45) is 3.54. The summed E-state index contributed by atoms with van der Waals surface area (Å²) in [4.78, 5) is 17.0. The van der Waals surface area contributed by atoms with E-state index < -0.39 is 6.04 Å². The van der Waals surface area contributed by atoms with Crippen LogP contribution in [0.25, 0.3) is 0 Å². The number of nitrogens with one attached hydrogen (secondary N) is 2. The van der Waals surface area contributed by atoms with Crippen LogP contribution in [-0.2, 0) is 11.2 Å². The third-order valence-corrected chi connectivity index (χ3v) is 3.96. The first-order valence-corrected chi connectivity index (χ1v) is 8.65. The molecule has 1 atom stereocenters. The average Bonchev–Trinajstić information content (AvgIpc) is 3.08. The Labute approximate surface area is 152 Å². The molecular weight excluding hydrogens is 328 g/mol. The second-order valence-corrected chi connectivity index (χ2v) is 6.03. The van der Waals surface area contributed by atoms with E-state index in [1.54, 1.807) is 19.2 Å². The molecule has 0 aliphatic carbocycles. The Hall–Kier alpha value is -2.99. The second-order valence-electron chi connectivity index (χ2n) is 6.03. The molecule has 0 fully saturated rings. The van der Waals surface area contributed by atoms with Crippen molar-refractivity contribution in [1.82, 2.24) is 15.5 Å². The average molecular weight is 350 g/mol. The van der Waals surface area contributed by atoms with E-state index in [1.807, 2.05) is 48.5 Å². The summed E-state index contributed by atoms with van der Waals surface area (Å²) in [5.41, 5.74) is 1.95. The summed E-state index contributed by atoms with van der Waals surface area (Å²) in [5.74, 6) is 0.908. The van der Waals surface area contributed by atoms with Gasteiger partial charge in [0.15, 0.2) is 5.82 Å². The Morgan fingerprint density at radius 3 is 2.65 bits per heavy atom. The van der Waals surface area contributed by atoms with Crippen molar-refractivity contribution in [2.75, 3.05) is 11.9 Å². The number of hydrogen-bond donors (Lipinski definition) is 2. The zero-order valence-electron chi connectivity index (χ0n) is 14.7. The third-order valence-electron chi connectivity index (χ3n) is 3.96. The molecule has 0 spiro atoms. The number of benzene rings is 1. The number of carbonyl (C=O) groups is 1. The lowest BCUT2D eigenvalue weighted by Crippen LogP contribution is -2.33. The maximum atomic E-state index is 12.7. The Morgan fingerprint density at radius 2 is 1.96 bits per heavy atom. The number of nitrogens with zero attached hydrogens (tertiary/aromatic N) is 2. The summed E-state index contributed by atoms with van der Waals surface area (Å²) in [6.45, 7) is 2.48. The molecule has 0 saturated carbocycles. The maximum Gasteiger partial charge on any atom is 0.247 e. The maximum absolute atomic E-state index is 12.7. The van der Waals surface area contributed by atoms with Crippen molar-refractivity contribution in [1.29, 1.82) is 0 Å². The molecule has 1 amide bonds. The molecule has 134 valence electrons. The zero-order valence-corrected chi connectivity index (χ0v) is 14.7. The highest BCUT2D eigenvalue weighted by Crippen LogP contribution is 2.16. The lowest BCUT2D eigenvalue weighted by molar-refractivity contribution is -0.118. The van der Waals surface area contributed by atoms with Gasteiger partial charge in [0, 0.05) is 18.0 Å². The van der Waals surface area contributed by atoms with Gasteiger partial charge in [0.1, 0.15) is 11.8 Å². The Morgan fingerprint density at radius 1 is 1.15 bits per heavy atom. The van der Waals surface area contributed by atoms with Gasteiger partial charge in [0.2, 0.25) is 5.91 Å². The second kappa shape index (κ2) is 8.92. The number of amides is 1. The number of carbonyl (C=O) groups excluding carboxylic acids is 1. The SMILES string of the molecule is Cc1cc(NC(=O)C(NCCCc2ccccn2)c2ccccc2)no1. The van der Waals surface area contributed by atoms with E-state index in [0.717, 1.165) is 24.1 Å². The number of anilines is 1. The van der Waals surface area contributed by atoms with Gasteiger partial charge in [-0.25, -0.2) is 0 Å². The van der Waals surface area contributed by atoms with Gasteiger partial charge in [-0.3, -0.25) is 9.78 Å². The zero-order chi connectivity index (χ0) is 18.2. The minimum Gasteiger partial charge on any atom is -0.360 e. The molecule has 3 rings (SSSR count). The standard InChI is InChI=1S/C20H22N4O2/c1-15-14-18(24-26-15)23-20(25)19(16-8-3-2-4-9-16)22-13-7-11-17-10-5-6-12-21-17/h2-6,8-10,12,14,19,22H,7,11,13H2,1H3,(H,23,24,25). The Balaban J connectivity index is 1.61. The summed E-state index contributed by atoms with van der Waals surface area (Å²) >= 11 is 0. The van der Waals surface area contributed by atoms with Crippen molar-refractivity contribution >= 4 is 11.7 Å². The van der Waals surface area contributed by atoms with Crippen LogP contribution in [0.1, 0.15) is 29.5 Å². The molecule has 1 aromatic carbocycles. The van der Waals surface area contributed by atoms with Crippen LogP contribution in [0, 0.1) is 6.92 Å². The number of hydrogen-bond acceptors (Lipinski definition) is 5. The van der Waals surface area contributed by atoms with E-state index >= 15 is 0 Å². The van der Waals surface area contributed by atoms with Crippen molar-refractivity contribution in [2.45, 2.75) is 25.8 Å². The van der Waals surface area contributed by atoms with Crippen molar-refractivity contribution in [2.24, 2.45) is 0 Å². The molecular formula is C20H22N4O2. The fourth-order valence-electron chi connectivity index (χ4n) is 2.69. The van der Waals surface area contributed by atoms with Crippen LogP contribution in [-0.4, -0.2) is 22.6 Å². The highest BCUT2D eigenvalue weighted by Gasteiger charge is 2.20. The molecule has 2 N–H and O–H groups in total. The van der Waals surface area contributed by atoms with Gasteiger partial charge < -0.3 is 15.2 Å². The first-order valence-electron chi connectivity index (χ1n) is 8.65. The summed E-state index contributed by atoms with van der Waals surface area (Å²) in [6, 6.07) is 16.8. The first-order chi connectivity index (χ1) is 12.7. The monoisotopic (exact) mass is 350 g/mol. The van der Waals surface area contributed by atoms with Crippen LogP contribution in [0.3, 0.4) is 0 Å². The van der Waals surface area contributed by atoms with Gasteiger partial charge in [-0.2, -0.15) is 0 Å². The van der Waals surface area contributed by atoms with E-state index in [9.17, 15) is 4.79 Å². The molecule has 0 aliphatic heterocycles. The summed E-state index contributed by atoms with van der Waals surface area (Å²) in [5, 5.41) is 9.96. The fourth-order valence-corrected chi connectivity index (χ4v) is 2.69. The van der Waals surface area contributed by atoms with E-state index in [1.165, 1.54) is 0 Å². The topological polar surface area (TPSA) is 80.0 Å². The first kappa shape index (κ1) is 17.8. The van der Waals surface area contributed by atoms with Gasteiger partial charge in [0.05, 0.1) is 0 Å². The van der Waals surface area contributed by atoms with E-state index in [4.69, 9.17) is 4.52 Å². The van der Waals surface area contributed by atoms with Crippen LogP contribution in [0.15, 0.2) is 65.3 Å². The highest BCUT2D eigenvalue weighted by atomic mass is 16.5. The van der Waals surface area contributed by atoms with E-state index in [-0.39, 0.29) is 5.91 Å². The quantitative estimate of drug-likeness (QED) is 0.610. The number of aryl methyl sites for hydroxylation is 2. The van der Waals surface area contributed by atoms with Crippen LogP contribution < -0.4 is 10.6 Å². The van der Waals surface area contributed by atoms with Gasteiger partial charge in [-0.1, -0.05) is 41.6 Å². The Kier molecular flexibility index (Phi) is 6.11. The normalized spacial score (nSPS) is 11.9. The fraction of sp³-hybridized carbons (Fsp3) is 0.250.